The largest absolute Gasteiger partial charge is 0.389 e. The van der Waals surface area contributed by atoms with E-state index in [4.69, 9.17) is 9.72 Å². The third-order valence-electron chi connectivity index (χ3n) is 5.75. The van der Waals surface area contributed by atoms with Crippen molar-refractivity contribution >= 4 is 23.4 Å². The summed E-state index contributed by atoms with van der Waals surface area (Å²) in [6.07, 6.45) is 5.72. The zero-order chi connectivity index (χ0) is 19.3. The van der Waals surface area contributed by atoms with Crippen molar-refractivity contribution in [3.63, 3.8) is 0 Å². The van der Waals surface area contributed by atoms with E-state index in [0.717, 1.165) is 22.4 Å². The fourth-order valence-corrected chi connectivity index (χ4v) is 4.22. The van der Waals surface area contributed by atoms with Gasteiger partial charge in [0.25, 0.3) is 0 Å². The van der Waals surface area contributed by atoms with Crippen molar-refractivity contribution in [2.24, 2.45) is 0 Å². The van der Waals surface area contributed by atoms with E-state index < -0.39 is 6.10 Å². The van der Waals surface area contributed by atoms with Crippen LogP contribution in [0.25, 0.3) is 11.0 Å². The van der Waals surface area contributed by atoms with E-state index in [1.165, 1.54) is 37.7 Å². The Morgan fingerprint density at radius 3 is 2.55 bits per heavy atom. The highest BCUT2D eigenvalue weighted by atomic mass is 35.5. The van der Waals surface area contributed by atoms with Crippen molar-refractivity contribution in [2.45, 2.75) is 64.2 Å². The molecule has 0 bridgehead atoms. The monoisotopic (exact) mass is 414 g/mol. The first-order valence-corrected chi connectivity index (χ1v) is 10.5. The molecule has 0 amide bonds. The van der Waals surface area contributed by atoms with Crippen LogP contribution in [-0.2, 0) is 17.9 Å². The number of benzene rings is 2. The minimum atomic E-state index is -0.551. The maximum atomic E-state index is 10.7. The van der Waals surface area contributed by atoms with E-state index in [0.29, 0.717) is 25.7 Å². The van der Waals surface area contributed by atoms with Crippen molar-refractivity contribution in [3.8, 4) is 0 Å². The quantitative estimate of drug-likeness (QED) is 0.563. The van der Waals surface area contributed by atoms with Crippen molar-refractivity contribution in [1.29, 1.82) is 0 Å². The number of aromatic nitrogens is 2. The minimum Gasteiger partial charge on any atom is -0.389 e. The van der Waals surface area contributed by atoms with Crippen molar-refractivity contribution in [2.75, 3.05) is 6.61 Å². The lowest BCUT2D eigenvalue weighted by Gasteiger charge is -2.23. The number of hydrogen-bond acceptors (Lipinski definition) is 3. The van der Waals surface area contributed by atoms with E-state index in [1.807, 2.05) is 12.1 Å². The molecule has 4 rings (SSSR count). The summed E-state index contributed by atoms with van der Waals surface area (Å²) in [5, 5.41) is 10.7. The molecule has 29 heavy (non-hydrogen) atoms. The summed E-state index contributed by atoms with van der Waals surface area (Å²) < 4.78 is 8.01. The Morgan fingerprint density at radius 2 is 1.79 bits per heavy atom. The summed E-state index contributed by atoms with van der Waals surface area (Å²) >= 11 is 0. The summed E-state index contributed by atoms with van der Waals surface area (Å²) in [6.45, 7) is 3.45. The van der Waals surface area contributed by atoms with Gasteiger partial charge < -0.3 is 14.4 Å². The van der Waals surface area contributed by atoms with Gasteiger partial charge in [0.2, 0.25) is 0 Å². The molecule has 1 aromatic heterocycles. The van der Waals surface area contributed by atoms with Crippen molar-refractivity contribution < 1.29 is 9.84 Å². The molecule has 0 spiro atoms. The molecule has 1 fully saturated rings. The van der Waals surface area contributed by atoms with Crippen LogP contribution in [0.3, 0.4) is 0 Å². The van der Waals surface area contributed by atoms with E-state index in [-0.39, 0.29) is 12.4 Å². The summed E-state index contributed by atoms with van der Waals surface area (Å²) in [6, 6.07) is 16.6. The summed E-state index contributed by atoms with van der Waals surface area (Å²) in [7, 11) is 0. The topological polar surface area (TPSA) is 47.3 Å². The second kappa shape index (κ2) is 10.2. The molecule has 5 heteroatoms. The Bertz CT molecular complexity index is 901. The van der Waals surface area contributed by atoms with E-state index in [1.54, 1.807) is 0 Å². The fraction of sp³-hybridized carbons (Fsp3) is 0.458. The first kappa shape index (κ1) is 21.8. The lowest BCUT2D eigenvalue weighted by molar-refractivity contribution is 0.0203. The van der Waals surface area contributed by atoms with Gasteiger partial charge in [0.1, 0.15) is 5.82 Å². The molecule has 0 aliphatic heterocycles. The smallest absolute Gasteiger partial charge is 0.113 e. The molecule has 1 saturated carbocycles. The molecule has 0 saturated heterocycles. The molecule has 2 aromatic carbocycles. The van der Waals surface area contributed by atoms with Crippen LogP contribution in [0.1, 0.15) is 55.0 Å². The first-order valence-electron chi connectivity index (χ1n) is 10.5. The number of para-hydroxylation sites is 2. The van der Waals surface area contributed by atoms with Crippen LogP contribution in [0.2, 0.25) is 0 Å². The predicted octanol–water partition coefficient (Wildman–Crippen LogP) is 5.39. The van der Waals surface area contributed by atoms with Crippen LogP contribution in [0.5, 0.6) is 0 Å². The number of ether oxygens (including phenoxy) is 1. The number of nitrogens with zero attached hydrogens (tertiary/aromatic N) is 2. The SMILES string of the molecule is Cc1ccc(COCC(O)Cn2c(C3CCCCC3)nc3ccccc32)cc1.Cl. The molecule has 1 aliphatic carbocycles. The van der Waals surface area contributed by atoms with Gasteiger partial charge in [-0.3, -0.25) is 0 Å². The summed E-state index contributed by atoms with van der Waals surface area (Å²) in [5.41, 5.74) is 4.51. The normalized spacial score (nSPS) is 15.9. The number of aliphatic hydroxyl groups is 1. The third-order valence-corrected chi connectivity index (χ3v) is 5.75. The van der Waals surface area contributed by atoms with E-state index >= 15 is 0 Å². The average molecular weight is 415 g/mol. The maximum Gasteiger partial charge on any atom is 0.113 e. The Balaban J connectivity index is 0.00000240. The molecule has 3 aromatic rings. The number of fused-ring (bicyclic) bond motifs is 1. The van der Waals surface area contributed by atoms with Gasteiger partial charge in [0, 0.05) is 5.92 Å². The number of aryl methyl sites for hydroxylation is 1. The molecule has 4 nitrogen and oxygen atoms in total. The molecule has 156 valence electrons. The Kier molecular flexibility index (Phi) is 7.70. The Hall–Kier alpha value is -1.88. The number of aliphatic hydroxyl groups excluding tert-OH is 1. The number of rotatable bonds is 7. The number of hydrogen-bond donors (Lipinski definition) is 1. The van der Waals surface area contributed by atoms with Crippen molar-refractivity contribution in [3.05, 3.63) is 65.5 Å². The van der Waals surface area contributed by atoms with Gasteiger partial charge in [0.05, 0.1) is 36.9 Å². The van der Waals surface area contributed by atoms with Crippen molar-refractivity contribution in [1.82, 2.24) is 9.55 Å². The van der Waals surface area contributed by atoms with Gasteiger partial charge in [-0.05, 0) is 37.5 Å². The fourth-order valence-electron chi connectivity index (χ4n) is 4.22. The minimum absolute atomic E-state index is 0. The van der Waals surface area contributed by atoms with E-state index in [2.05, 4.69) is 47.9 Å². The zero-order valence-corrected chi connectivity index (χ0v) is 17.9. The molecular weight excluding hydrogens is 384 g/mol. The molecule has 1 heterocycles. The Morgan fingerprint density at radius 1 is 1.07 bits per heavy atom. The second-order valence-corrected chi connectivity index (χ2v) is 8.06. The number of imidazole rings is 1. The van der Waals surface area contributed by atoms with Gasteiger partial charge in [-0.25, -0.2) is 4.98 Å². The third kappa shape index (κ3) is 5.39. The van der Waals surface area contributed by atoms with Crippen LogP contribution in [0.15, 0.2) is 48.5 Å². The summed E-state index contributed by atoms with van der Waals surface area (Å²) in [4.78, 5) is 4.94. The lowest BCUT2D eigenvalue weighted by atomic mass is 9.88. The molecule has 1 atom stereocenters. The van der Waals surface area contributed by atoms with Gasteiger partial charge in [-0.15, -0.1) is 12.4 Å². The van der Waals surface area contributed by atoms with Crippen LogP contribution >= 0.6 is 12.4 Å². The average Bonchev–Trinajstić information content (AvgIpc) is 3.09. The highest BCUT2D eigenvalue weighted by Crippen LogP contribution is 2.34. The zero-order valence-electron chi connectivity index (χ0n) is 17.1. The first-order chi connectivity index (χ1) is 13.7. The molecule has 0 radical (unpaired) electrons. The molecule has 1 N–H and O–H groups in total. The highest BCUT2D eigenvalue weighted by Gasteiger charge is 2.23. The molecule has 1 aliphatic rings. The number of halogens is 1. The second-order valence-electron chi connectivity index (χ2n) is 8.06. The van der Waals surface area contributed by atoms with Gasteiger partial charge >= 0.3 is 0 Å². The van der Waals surface area contributed by atoms with Crippen LogP contribution in [0, 0.1) is 6.92 Å². The standard InChI is InChI=1S/C24H30N2O2.ClH/c1-18-11-13-19(14-12-18)16-28-17-21(27)15-26-23-10-6-5-9-22(23)25-24(26)20-7-3-2-4-8-20;/h5-6,9-14,20-21,27H,2-4,7-8,15-17H2,1H3;1H. The summed E-state index contributed by atoms with van der Waals surface area (Å²) in [5.74, 6) is 1.64. The molecule has 1 unspecified atom stereocenters. The van der Waals surface area contributed by atoms with Crippen LogP contribution in [0.4, 0.5) is 0 Å². The van der Waals surface area contributed by atoms with Crippen LogP contribution < -0.4 is 0 Å². The van der Waals surface area contributed by atoms with Gasteiger partial charge in [0.15, 0.2) is 0 Å². The predicted molar refractivity (Wildman–Crippen MR) is 120 cm³/mol. The molecular formula is C24H31ClN2O2. The van der Waals surface area contributed by atoms with E-state index in [9.17, 15) is 5.11 Å². The lowest BCUT2D eigenvalue weighted by Crippen LogP contribution is -2.24. The highest BCUT2D eigenvalue weighted by molar-refractivity contribution is 5.85. The maximum absolute atomic E-state index is 10.7. The van der Waals surface area contributed by atoms with Gasteiger partial charge in [-0.2, -0.15) is 0 Å². The Labute approximate surface area is 179 Å². The van der Waals surface area contributed by atoms with Crippen LogP contribution in [-0.4, -0.2) is 27.4 Å². The van der Waals surface area contributed by atoms with Gasteiger partial charge in [-0.1, -0.05) is 61.2 Å².